The zero-order valence-corrected chi connectivity index (χ0v) is 17.5. The molecular weight excluding hydrogens is 423 g/mol. The molecule has 158 valence electrons. The van der Waals surface area contributed by atoms with Gasteiger partial charge in [-0.1, -0.05) is 11.6 Å². The summed E-state index contributed by atoms with van der Waals surface area (Å²) < 4.78 is 44.6. The molecule has 0 saturated heterocycles. The van der Waals surface area contributed by atoms with Crippen LogP contribution >= 0.6 is 11.6 Å². The van der Waals surface area contributed by atoms with Crippen molar-refractivity contribution < 1.29 is 22.3 Å². The Morgan fingerprint density at radius 2 is 1.90 bits per heavy atom. The molecule has 11 heteroatoms. The Labute approximate surface area is 173 Å². The number of methoxy groups -OCH3 is 1. The average Bonchev–Trinajstić information content (AvgIpc) is 2.70. The molecule has 2 rings (SSSR count). The van der Waals surface area contributed by atoms with Crippen molar-refractivity contribution in [3.63, 3.8) is 0 Å². The maximum Gasteiger partial charge on any atom is 0.243 e. The molecule has 0 spiro atoms. The van der Waals surface area contributed by atoms with E-state index >= 15 is 0 Å². The third-order valence-corrected chi connectivity index (χ3v) is 5.54. The highest BCUT2D eigenvalue weighted by molar-refractivity contribution is 7.89. The van der Waals surface area contributed by atoms with Gasteiger partial charge in [-0.05, 0) is 43.4 Å². The van der Waals surface area contributed by atoms with Gasteiger partial charge in [-0.15, -0.1) is 0 Å². The maximum atomic E-state index is 13.2. The summed E-state index contributed by atoms with van der Waals surface area (Å²) in [4.78, 5) is 12.3. The normalized spacial score (nSPS) is 11.2. The molecule has 0 unspecified atom stereocenters. The van der Waals surface area contributed by atoms with Gasteiger partial charge in [0.05, 0.1) is 34.4 Å². The SMILES string of the molecule is CNS(=O)(=O)c1ccc(NCCOC)c(NCC(=O)Nc2ccc(F)c(Cl)c2)c1. The molecule has 0 aliphatic rings. The molecule has 0 aromatic heterocycles. The molecule has 0 fully saturated rings. The summed E-state index contributed by atoms with van der Waals surface area (Å²) in [6.07, 6.45) is 0. The van der Waals surface area contributed by atoms with E-state index in [1.165, 1.54) is 31.3 Å². The van der Waals surface area contributed by atoms with Gasteiger partial charge in [-0.3, -0.25) is 4.79 Å². The fourth-order valence-electron chi connectivity index (χ4n) is 2.35. The number of halogens is 2. The van der Waals surface area contributed by atoms with Crippen LogP contribution < -0.4 is 20.7 Å². The number of hydrogen-bond donors (Lipinski definition) is 4. The predicted octanol–water partition coefficient (Wildman–Crippen LogP) is 2.50. The molecule has 1 amide bonds. The van der Waals surface area contributed by atoms with Crippen molar-refractivity contribution in [2.24, 2.45) is 0 Å². The van der Waals surface area contributed by atoms with Crippen LogP contribution in [-0.2, 0) is 19.6 Å². The number of anilines is 3. The van der Waals surface area contributed by atoms with E-state index in [9.17, 15) is 17.6 Å². The number of sulfonamides is 1. The third-order valence-electron chi connectivity index (χ3n) is 3.83. The Balaban J connectivity index is 2.13. The Kier molecular flexibility index (Phi) is 8.21. The standard InChI is InChI=1S/C18H22ClFN4O4S/c1-21-29(26,27)13-4-6-16(22-7-8-28-2)17(10-13)23-11-18(25)24-12-3-5-15(20)14(19)9-12/h3-6,9-10,21-23H,7-8,11H2,1-2H3,(H,24,25). The minimum absolute atomic E-state index is 0.0468. The van der Waals surface area contributed by atoms with Gasteiger partial charge in [-0.25, -0.2) is 17.5 Å². The van der Waals surface area contributed by atoms with Crippen molar-refractivity contribution in [1.82, 2.24) is 4.72 Å². The fraction of sp³-hybridized carbons (Fsp3) is 0.278. The number of hydrogen-bond acceptors (Lipinski definition) is 6. The predicted molar refractivity (Wildman–Crippen MR) is 112 cm³/mol. The summed E-state index contributed by atoms with van der Waals surface area (Å²) in [6.45, 7) is 0.780. The van der Waals surface area contributed by atoms with Crippen molar-refractivity contribution >= 4 is 44.6 Å². The van der Waals surface area contributed by atoms with Crippen LogP contribution in [0.4, 0.5) is 21.5 Å². The Hall–Kier alpha value is -2.40. The number of ether oxygens (including phenoxy) is 1. The lowest BCUT2D eigenvalue weighted by molar-refractivity contribution is -0.114. The smallest absolute Gasteiger partial charge is 0.243 e. The number of carbonyl (C=O) groups excluding carboxylic acids is 1. The first kappa shape index (κ1) is 22.9. The quantitative estimate of drug-likeness (QED) is 0.419. The molecule has 2 aromatic rings. The second-order valence-corrected chi connectivity index (χ2v) is 8.16. The van der Waals surface area contributed by atoms with E-state index in [0.29, 0.717) is 30.2 Å². The van der Waals surface area contributed by atoms with Crippen molar-refractivity contribution in [2.45, 2.75) is 4.90 Å². The summed E-state index contributed by atoms with van der Waals surface area (Å²) in [5.41, 5.74) is 1.37. The van der Waals surface area contributed by atoms with Gasteiger partial charge in [0.25, 0.3) is 0 Å². The first-order valence-electron chi connectivity index (χ1n) is 8.56. The number of carbonyl (C=O) groups is 1. The monoisotopic (exact) mass is 444 g/mol. The van der Waals surface area contributed by atoms with Crippen LogP contribution in [0.1, 0.15) is 0 Å². The zero-order valence-electron chi connectivity index (χ0n) is 15.9. The molecule has 4 N–H and O–H groups in total. The summed E-state index contributed by atoms with van der Waals surface area (Å²) in [6, 6.07) is 8.30. The van der Waals surface area contributed by atoms with Crippen molar-refractivity contribution in [2.75, 3.05) is 49.8 Å². The highest BCUT2D eigenvalue weighted by Gasteiger charge is 2.15. The molecule has 0 atom stereocenters. The van der Waals surface area contributed by atoms with Crippen molar-refractivity contribution in [3.05, 3.63) is 47.2 Å². The van der Waals surface area contributed by atoms with Gasteiger partial charge in [-0.2, -0.15) is 0 Å². The second-order valence-electron chi connectivity index (χ2n) is 5.87. The highest BCUT2D eigenvalue weighted by Crippen LogP contribution is 2.25. The van der Waals surface area contributed by atoms with E-state index in [1.807, 2.05) is 0 Å². The maximum absolute atomic E-state index is 13.2. The van der Waals surface area contributed by atoms with Crippen LogP contribution in [0.2, 0.25) is 5.02 Å². The van der Waals surface area contributed by atoms with E-state index in [0.717, 1.165) is 6.07 Å². The fourth-order valence-corrected chi connectivity index (χ4v) is 3.29. The van der Waals surface area contributed by atoms with Crippen LogP contribution in [0.15, 0.2) is 41.3 Å². The first-order chi connectivity index (χ1) is 13.8. The molecule has 29 heavy (non-hydrogen) atoms. The van der Waals surface area contributed by atoms with Crippen LogP contribution in [0.5, 0.6) is 0 Å². The minimum atomic E-state index is -3.65. The van der Waals surface area contributed by atoms with E-state index in [-0.39, 0.29) is 16.5 Å². The summed E-state index contributed by atoms with van der Waals surface area (Å²) in [5.74, 6) is -1.01. The van der Waals surface area contributed by atoms with Gasteiger partial charge in [0, 0.05) is 19.3 Å². The summed E-state index contributed by atoms with van der Waals surface area (Å²) in [5, 5.41) is 8.49. The summed E-state index contributed by atoms with van der Waals surface area (Å²) >= 11 is 5.70. The zero-order chi connectivity index (χ0) is 21.4. The largest absolute Gasteiger partial charge is 0.383 e. The number of amides is 1. The lowest BCUT2D eigenvalue weighted by Crippen LogP contribution is -2.23. The van der Waals surface area contributed by atoms with E-state index in [1.54, 1.807) is 13.2 Å². The molecule has 8 nitrogen and oxygen atoms in total. The van der Waals surface area contributed by atoms with Gasteiger partial charge in [0.2, 0.25) is 15.9 Å². The van der Waals surface area contributed by atoms with Gasteiger partial charge in [0.15, 0.2) is 0 Å². The Morgan fingerprint density at radius 3 is 2.55 bits per heavy atom. The van der Waals surface area contributed by atoms with Gasteiger partial charge in [0.1, 0.15) is 5.82 Å². The number of nitrogens with one attached hydrogen (secondary N) is 4. The molecule has 0 bridgehead atoms. The topological polar surface area (TPSA) is 109 Å². The summed E-state index contributed by atoms with van der Waals surface area (Å²) in [7, 11) is -0.773. The van der Waals surface area contributed by atoms with E-state index in [2.05, 4.69) is 20.7 Å². The number of benzene rings is 2. The minimum Gasteiger partial charge on any atom is -0.383 e. The van der Waals surface area contributed by atoms with Gasteiger partial charge < -0.3 is 20.7 Å². The van der Waals surface area contributed by atoms with Crippen LogP contribution in [0, 0.1) is 5.82 Å². The molecule has 0 aliphatic heterocycles. The molecule has 0 radical (unpaired) electrons. The first-order valence-corrected chi connectivity index (χ1v) is 10.4. The Morgan fingerprint density at radius 1 is 1.14 bits per heavy atom. The average molecular weight is 445 g/mol. The van der Waals surface area contributed by atoms with Crippen LogP contribution in [0.25, 0.3) is 0 Å². The lowest BCUT2D eigenvalue weighted by Gasteiger charge is -2.15. The van der Waals surface area contributed by atoms with Crippen molar-refractivity contribution in [1.29, 1.82) is 0 Å². The lowest BCUT2D eigenvalue weighted by atomic mass is 10.2. The highest BCUT2D eigenvalue weighted by atomic mass is 35.5. The molecule has 0 aliphatic carbocycles. The van der Waals surface area contributed by atoms with Crippen LogP contribution in [0.3, 0.4) is 0 Å². The molecular formula is C18H22ClFN4O4S. The van der Waals surface area contributed by atoms with Crippen LogP contribution in [-0.4, -0.2) is 48.2 Å². The third kappa shape index (κ3) is 6.57. The Bertz CT molecular complexity index is 972. The molecule has 0 heterocycles. The molecule has 0 saturated carbocycles. The van der Waals surface area contributed by atoms with E-state index in [4.69, 9.17) is 16.3 Å². The second kappa shape index (κ2) is 10.4. The number of rotatable bonds is 10. The molecule has 2 aromatic carbocycles. The van der Waals surface area contributed by atoms with E-state index < -0.39 is 21.7 Å². The van der Waals surface area contributed by atoms with Crippen molar-refractivity contribution in [3.8, 4) is 0 Å². The van der Waals surface area contributed by atoms with Gasteiger partial charge >= 0.3 is 0 Å².